The fourth-order valence-corrected chi connectivity index (χ4v) is 1.74. The van der Waals surface area contributed by atoms with Gasteiger partial charge in [-0.3, -0.25) is 0 Å². The summed E-state index contributed by atoms with van der Waals surface area (Å²) < 4.78 is 5.74. The third kappa shape index (κ3) is 1.73. The van der Waals surface area contributed by atoms with Gasteiger partial charge in [-0.05, 0) is 12.1 Å². The maximum atomic E-state index is 5.74. The van der Waals surface area contributed by atoms with Crippen molar-refractivity contribution >= 4 is 16.8 Å². The molecule has 0 amide bonds. The molecular formula is C13H11N3O. The zero-order chi connectivity index (χ0) is 11.7. The van der Waals surface area contributed by atoms with Crippen molar-refractivity contribution in [2.45, 2.75) is 0 Å². The fourth-order valence-electron chi connectivity index (χ4n) is 1.74. The first kappa shape index (κ1) is 9.84. The van der Waals surface area contributed by atoms with Crippen LogP contribution < -0.4 is 5.32 Å². The molecule has 0 bridgehead atoms. The number of para-hydroxylation sites is 1. The smallest absolute Gasteiger partial charge is 0.153 e. The van der Waals surface area contributed by atoms with Crippen molar-refractivity contribution in [2.75, 3.05) is 12.4 Å². The number of aromatic nitrogens is 2. The Hall–Kier alpha value is -2.36. The Labute approximate surface area is 98.3 Å². The Kier molecular flexibility index (Phi) is 2.26. The number of anilines is 1. The predicted octanol–water partition coefficient (Wildman–Crippen LogP) is 2.93. The van der Waals surface area contributed by atoms with Gasteiger partial charge in [-0.1, -0.05) is 18.2 Å². The van der Waals surface area contributed by atoms with Crippen LogP contribution in [0, 0.1) is 0 Å². The number of nitrogens with zero attached hydrogens (tertiary/aromatic N) is 2. The third-order valence-corrected chi connectivity index (χ3v) is 2.60. The normalized spacial score (nSPS) is 10.6. The van der Waals surface area contributed by atoms with Crippen LogP contribution in [0.4, 0.5) is 5.82 Å². The summed E-state index contributed by atoms with van der Waals surface area (Å²) in [6.07, 6.45) is 1.52. The van der Waals surface area contributed by atoms with E-state index in [9.17, 15) is 0 Å². The minimum Gasteiger partial charge on any atom is -0.454 e. The SMILES string of the molecule is CNc1cc(-c2cc3ccccc3o2)ncn1. The zero-order valence-corrected chi connectivity index (χ0v) is 9.34. The van der Waals surface area contributed by atoms with Gasteiger partial charge in [0, 0.05) is 18.5 Å². The van der Waals surface area contributed by atoms with Crippen LogP contribution in [-0.2, 0) is 0 Å². The highest BCUT2D eigenvalue weighted by molar-refractivity contribution is 5.82. The summed E-state index contributed by atoms with van der Waals surface area (Å²) in [5.41, 5.74) is 1.65. The Balaban J connectivity index is 2.13. The minimum atomic E-state index is 0.755. The van der Waals surface area contributed by atoms with Gasteiger partial charge in [-0.25, -0.2) is 9.97 Å². The lowest BCUT2D eigenvalue weighted by atomic mass is 10.2. The van der Waals surface area contributed by atoms with E-state index in [-0.39, 0.29) is 0 Å². The molecule has 1 aromatic carbocycles. The van der Waals surface area contributed by atoms with Crippen molar-refractivity contribution in [3.63, 3.8) is 0 Å². The van der Waals surface area contributed by atoms with Crippen LogP contribution in [0.15, 0.2) is 47.1 Å². The first-order valence-corrected chi connectivity index (χ1v) is 5.35. The molecule has 0 aliphatic heterocycles. The van der Waals surface area contributed by atoms with E-state index in [0.717, 1.165) is 28.2 Å². The van der Waals surface area contributed by atoms with Crippen molar-refractivity contribution in [1.29, 1.82) is 0 Å². The van der Waals surface area contributed by atoms with E-state index in [1.165, 1.54) is 6.33 Å². The second-order valence-electron chi connectivity index (χ2n) is 3.69. The van der Waals surface area contributed by atoms with E-state index < -0.39 is 0 Å². The lowest BCUT2D eigenvalue weighted by Crippen LogP contribution is -1.93. The molecule has 0 unspecified atom stereocenters. The molecule has 17 heavy (non-hydrogen) atoms. The predicted molar refractivity (Wildman–Crippen MR) is 66.8 cm³/mol. The maximum absolute atomic E-state index is 5.74. The summed E-state index contributed by atoms with van der Waals surface area (Å²) in [5.74, 6) is 1.53. The van der Waals surface area contributed by atoms with Crippen LogP contribution in [0.3, 0.4) is 0 Å². The molecule has 0 aliphatic carbocycles. The molecule has 0 atom stereocenters. The average Bonchev–Trinajstić information content (AvgIpc) is 2.82. The van der Waals surface area contributed by atoms with Gasteiger partial charge in [0.25, 0.3) is 0 Å². The Morgan fingerprint density at radius 3 is 2.82 bits per heavy atom. The Morgan fingerprint density at radius 1 is 1.12 bits per heavy atom. The van der Waals surface area contributed by atoms with Crippen molar-refractivity contribution < 1.29 is 4.42 Å². The van der Waals surface area contributed by atoms with Gasteiger partial charge < -0.3 is 9.73 Å². The molecule has 4 nitrogen and oxygen atoms in total. The number of rotatable bonds is 2. The standard InChI is InChI=1S/C13H11N3O/c1-14-13-7-10(15-8-16-13)12-6-9-4-2-3-5-11(9)17-12/h2-8H,1H3,(H,14,15,16). The number of furan rings is 1. The van der Waals surface area contributed by atoms with Crippen molar-refractivity contribution in [1.82, 2.24) is 9.97 Å². The molecule has 0 spiro atoms. The van der Waals surface area contributed by atoms with Crippen molar-refractivity contribution in [2.24, 2.45) is 0 Å². The first-order valence-electron chi connectivity index (χ1n) is 5.35. The van der Waals surface area contributed by atoms with E-state index in [0.29, 0.717) is 0 Å². The molecule has 0 radical (unpaired) electrons. The summed E-state index contributed by atoms with van der Waals surface area (Å²) in [7, 11) is 1.82. The number of nitrogens with one attached hydrogen (secondary N) is 1. The molecular weight excluding hydrogens is 214 g/mol. The molecule has 3 rings (SSSR count). The molecule has 0 fully saturated rings. The molecule has 0 saturated carbocycles. The number of fused-ring (bicyclic) bond motifs is 1. The highest BCUT2D eigenvalue weighted by Gasteiger charge is 2.07. The second-order valence-corrected chi connectivity index (χ2v) is 3.69. The molecule has 0 aliphatic rings. The van der Waals surface area contributed by atoms with Crippen molar-refractivity contribution in [3.8, 4) is 11.5 Å². The van der Waals surface area contributed by atoms with Gasteiger partial charge in [0.1, 0.15) is 23.4 Å². The van der Waals surface area contributed by atoms with E-state index in [4.69, 9.17) is 4.42 Å². The lowest BCUT2D eigenvalue weighted by Gasteiger charge is -1.99. The lowest BCUT2D eigenvalue weighted by molar-refractivity contribution is 0.628. The molecule has 4 heteroatoms. The minimum absolute atomic E-state index is 0.755. The Morgan fingerprint density at radius 2 is 2.00 bits per heavy atom. The molecule has 2 aromatic heterocycles. The third-order valence-electron chi connectivity index (χ3n) is 2.60. The number of hydrogen-bond acceptors (Lipinski definition) is 4. The summed E-state index contributed by atoms with van der Waals surface area (Å²) in [6.45, 7) is 0. The summed E-state index contributed by atoms with van der Waals surface area (Å²) in [4.78, 5) is 8.28. The first-order chi connectivity index (χ1) is 8.36. The molecule has 1 N–H and O–H groups in total. The van der Waals surface area contributed by atoms with Crippen LogP contribution >= 0.6 is 0 Å². The molecule has 3 aromatic rings. The Bertz CT molecular complexity index is 627. The van der Waals surface area contributed by atoms with Crippen LogP contribution in [0.1, 0.15) is 0 Å². The summed E-state index contributed by atoms with van der Waals surface area (Å²) in [5, 5.41) is 4.05. The zero-order valence-electron chi connectivity index (χ0n) is 9.34. The van der Waals surface area contributed by atoms with Crippen molar-refractivity contribution in [3.05, 3.63) is 42.7 Å². The van der Waals surface area contributed by atoms with Crippen LogP contribution in [0.2, 0.25) is 0 Å². The maximum Gasteiger partial charge on any atom is 0.153 e. The van der Waals surface area contributed by atoms with Gasteiger partial charge in [0.15, 0.2) is 5.76 Å². The van der Waals surface area contributed by atoms with Gasteiger partial charge in [-0.2, -0.15) is 0 Å². The van der Waals surface area contributed by atoms with Gasteiger partial charge in [-0.15, -0.1) is 0 Å². The fraction of sp³-hybridized carbons (Fsp3) is 0.0769. The van der Waals surface area contributed by atoms with Crippen LogP contribution in [-0.4, -0.2) is 17.0 Å². The molecule has 0 saturated heterocycles. The second kappa shape index (κ2) is 3.90. The monoisotopic (exact) mass is 225 g/mol. The average molecular weight is 225 g/mol. The van der Waals surface area contributed by atoms with Crippen LogP contribution in [0.5, 0.6) is 0 Å². The highest BCUT2D eigenvalue weighted by Crippen LogP contribution is 2.26. The molecule has 2 heterocycles. The van der Waals surface area contributed by atoms with Gasteiger partial charge >= 0.3 is 0 Å². The topological polar surface area (TPSA) is 51.0 Å². The molecule has 84 valence electrons. The summed E-state index contributed by atoms with van der Waals surface area (Å²) >= 11 is 0. The highest BCUT2D eigenvalue weighted by atomic mass is 16.3. The van der Waals surface area contributed by atoms with E-state index >= 15 is 0 Å². The number of benzene rings is 1. The largest absolute Gasteiger partial charge is 0.454 e. The van der Waals surface area contributed by atoms with Gasteiger partial charge in [0.05, 0.1) is 0 Å². The van der Waals surface area contributed by atoms with E-state index in [1.54, 1.807) is 0 Å². The van der Waals surface area contributed by atoms with E-state index in [1.807, 2.05) is 43.4 Å². The number of hydrogen-bond donors (Lipinski definition) is 1. The van der Waals surface area contributed by atoms with Crippen LogP contribution in [0.25, 0.3) is 22.4 Å². The van der Waals surface area contributed by atoms with E-state index in [2.05, 4.69) is 15.3 Å². The quantitative estimate of drug-likeness (QED) is 0.728. The summed E-state index contributed by atoms with van der Waals surface area (Å²) in [6, 6.07) is 11.7. The van der Waals surface area contributed by atoms with Gasteiger partial charge in [0.2, 0.25) is 0 Å².